The number of pyridine rings is 1. The van der Waals surface area contributed by atoms with Crippen molar-refractivity contribution in [3.05, 3.63) is 60.6 Å². The zero-order valence-electron chi connectivity index (χ0n) is 12.7. The maximum absolute atomic E-state index is 12.4. The van der Waals surface area contributed by atoms with Crippen molar-refractivity contribution < 1.29 is 14.7 Å². The minimum absolute atomic E-state index is 0.243. The molecule has 0 saturated heterocycles. The molecule has 0 aliphatic rings. The molecular weight excluding hydrogens is 308 g/mol. The Kier molecular flexibility index (Phi) is 4.42. The number of fused-ring (bicyclic) bond motifs is 1. The number of nitrogens with zero attached hydrogens (tertiary/aromatic N) is 1. The normalized spacial score (nSPS) is 11.8. The third-order valence-corrected chi connectivity index (χ3v) is 3.66. The summed E-state index contributed by atoms with van der Waals surface area (Å²) in [7, 11) is 0. The quantitative estimate of drug-likeness (QED) is 0.578. The summed E-state index contributed by atoms with van der Waals surface area (Å²) in [6, 6.07) is 10.0. The van der Waals surface area contributed by atoms with Gasteiger partial charge < -0.3 is 20.7 Å². The van der Waals surface area contributed by atoms with E-state index in [9.17, 15) is 9.59 Å². The number of hydrogen-bond acceptors (Lipinski definition) is 3. The van der Waals surface area contributed by atoms with Gasteiger partial charge in [0.2, 0.25) is 5.91 Å². The lowest BCUT2D eigenvalue weighted by molar-refractivity contribution is -0.118. The fourth-order valence-electron chi connectivity index (χ4n) is 2.54. The molecule has 0 spiro atoms. The summed E-state index contributed by atoms with van der Waals surface area (Å²) in [5, 5.41) is 15.0. The second-order valence-corrected chi connectivity index (χ2v) is 5.29. The Morgan fingerprint density at radius 1 is 1.17 bits per heavy atom. The van der Waals surface area contributed by atoms with Gasteiger partial charge in [0.15, 0.2) is 0 Å². The molecule has 2 heterocycles. The number of carboxylic acid groups (broad SMARTS) is 1. The average molecular weight is 324 g/mol. The van der Waals surface area contributed by atoms with Gasteiger partial charge in [-0.3, -0.25) is 9.78 Å². The van der Waals surface area contributed by atoms with E-state index in [0.29, 0.717) is 5.69 Å². The van der Waals surface area contributed by atoms with Crippen molar-refractivity contribution in [3.8, 4) is 0 Å². The fraction of sp³-hybridized carbons (Fsp3) is 0.118. The first-order valence-corrected chi connectivity index (χ1v) is 7.39. The van der Waals surface area contributed by atoms with Gasteiger partial charge in [0.05, 0.1) is 0 Å². The summed E-state index contributed by atoms with van der Waals surface area (Å²) in [6.07, 6.45) is 3.89. The molecule has 3 rings (SSSR count). The highest BCUT2D eigenvalue weighted by Gasteiger charge is 2.22. The van der Waals surface area contributed by atoms with Gasteiger partial charge in [0, 0.05) is 41.6 Å². The van der Waals surface area contributed by atoms with E-state index in [4.69, 9.17) is 5.11 Å². The van der Waals surface area contributed by atoms with Crippen LogP contribution in [-0.2, 0) is 11.2 Å². The maximum atomic E-state index is 12.4. The molecule has 7 heteroatoms. The van der Waals surface area contributed by atoms with Crippen LogP contribution in [0, 0.1) is 0 Å². The number of hydrogen-bond donors (Lipinski definition) is 4. The van der Waals surface area contributed by atoms with Gasteiger partial charge in [0.25, 0.3) is 0 Å². The number of aromatic amines is 1. The van der Waals surface area contributed by atoms with Crippen LogP contribution in [0.5, 0.6) is 0 Å². The molecule has 0 bridgehead atoms. The van der Waals surface area contributed by atoms with Gasteiger partial charge in [-0.1, -0.05) is 18.2 Å². The summed E-state index contributed by atoms with van der Waals surface area (Å²) in [4.78, 5) is 30.5. The van der Waals surface area contributed by atoms with Crippen molar-refractivity contribution in [1.29, 1.82) is 0 Å². The van der Waals surface area contributed by atoms with Gasteiger partial charge in [-0.2, -0.15) is 0 Å². The molecular formula is C17H16N4O3. The zero-order chi connectivity index (χ0) is 16.9. The number of amides is 2. The third-order valence-electron chi connectivity index (χ3n) is 3.66. The van der Waals surface area contributed by atoms with E-state index in [1.54, 1.807) is 30.7 Å². The average Bonchev–Trinajstić information content (AvgIpc) is 2.98. The predicted molar refractivity (Wildman–Crippen MR) is 89.8 cm³/mol. The number of nitrogens with one attached hydrogen (secondary N) is 3. The van der Waals surface area contributed by atoms with Gasteiger partial charge in [-0.15, -0.1) is 0 Å². The van der Waals surface area contributed by atoms with Crippen LogP contribution in [0.1, 0.15) is 5.56 Å². The summed E-state index contributed by atoms with van der Waals surface area (Å²) in [5.41, 5.74) is 2.37. The van der Waals surface area contributed by atoms with Gasteiger partial charge in [0.1, 0.15) is 6.04 Å². The highest BCUT2D eigenvalue weighted by atomic mass is 16.4. The second-order valence-electron chi connectivity index (χ2n) is 5.29. The Morgan fingerprint density at radius 3 is 2.67 bits per heavy atom. The Bertz CT molecular complexity index is 860. The minimum atomic E-state index is -1.25. The lowest BCUT2D eigenvalue weighted by atomic mass is 10.0. The Balaban J connectivity index is 1.81. The molecule has 2 amide bonds. The smallest absolute Gasteiger partial charge is 0.405 e. The van der Waals surface area contributed by atoms with E-state index in [2.05, 4.69) is 20.6 Å². The maximum Gasteiger partial charge on any atom is 0.405 e. The summed E-state index contributed by atoms with van der Waals surface area (Å²) >= 11 is 0. The predicted octanol–water partition coefficient (Wildman–Crippen LogP) is 2.38. The molecule has 1 atom stereocenters. The first-order chi connectivity index (χ1) is 11.6. The van der Waals surface area contributed by atoms with E-state index >= 15 is 0 Å². The lowest BCUT2D eigenvalue weighted by Crippen LogP contribution is -2.44. The molecule has 24 heavy (non-hydrogen) atoms. The summed E-state index contributed by atoms with van der Waals surface area (Å²) in [5.74, 6) is -0.422. The topological polar surface area (TPSA) is 107 Å². The molecule has 7 nitrogen and oxygen atoms in total. The third kappa shape index (κ3) is 3.52. The number of rotatable bonds is 5. The van der Waals surface area contributed by atoms with E-state index in [-0.39, 0.29) is 6.42 Å². The van der Waals surface area contributed by atoms with Crippen LogP contribution in [0.3, 0.4) is 0 Å². The molecule has 3 aromatic rings. The number of para-hydroxylation sites is 1. The van der Waals surface area contributed by atoms with E-state index < -0.39 is 18.0 Å². The highest BCUT2D eigenvalue weighted by Crippen LogP contribution is 2.19. The number of carbonyl (C=O) groups is 2. The first kappa shape index (κ1) is 15.5. The Hall–Kier alpha value is -3.35. The van der Waals surface area contributed by atoms with Crippen molar-refractivity contribution >= 4 is 28.6 Å². The number of benzene rings is 1. The van der Waals surface area contributed by atoms with Crippen LogP contribution in [-0.4, -0.2) is 33.1 Å². The highest BCUT2D eigenvalue weighted by molar-refractivity contribution is 5.97. The van der Waals surface area contributed by atoms with Crippen LogP contribution in [0.2, 0.25) is 0 Å². The van der Waals surface area contributed by atoms with Crippen molar-refractivity contribution in [1.82, 2.24) is 15.3 Å². The van der Waals surface area contributed by atoms with Crippen LogP contribution < -0.4 is 10.6 Å². The second kappa shape index (κ2) is 6.82. The standard InChI is InChI=1S/C17H16N4O3/c22-16(20-12-5-7-18-8-6-12)15(21-17(23)24)9-11-10-19-14-4-2-1-3-13(11)14/h1-8,10,15,19,21H,9H2,(H,23,24)(H,18,20,22). The summed E-state index contributed by atoms with van der Waals surface area (Å²) < 4.78 is 0. The summed E-state index contributed by atoms with van der Waals surface area (Å²) in [6.45, 7) is 0. The number of aromatic nitrogens is 2. The molecule has 0 radical (unpaired) electrons. The fourth-order valence-corrected chi connectivity index (χ4v) is 2.54. The van der Waals surface area contributed by atoms with Crippen molar-refractivity contribution in [3.63, 3.8) is 0 Å². The number of carbonyl (C=O) groups excluding carboxylic acids is 1. The van der Waals surface area contributed by atoms with Crippen LogP contribution in [0.25, 0.3) is 10.9 Å². The number of anilines is 1. The van der Waals surface area contributed by atoms with Gasteiger partial charge in [-0.05, 0) is 23.8 Å². The van der Waals surface area contributed by atoms with Crippen molar-refractivity contribution in [2.24, 2.45) is 0 Å². The molecule has 1 aromatic carbocycles. The molecule has 1 unspecified atom stereocenters. The van der Waals surface area contributed by atoms with Gasteiger partial charge in [-0.25, -0.2) is 4.79 Å². The lowest BCUT2D eigenvalue weighted by Gasteiger charge is -2.16. The Labute approximate surface area is 137 Å². The van der Waals surface area contributed by atoms with Crippen molar-refractivity contribution in [2.45, 2.75) is 12.5 Å². The monoisotopic (exact) mass is 324 g/mol. The van der Waals surface area contributed by atoms with E-state index in [0.717, 1.165) is 16.5 Å². The first-order valence-electron chi connectivity index (χ1n) is 7.39. The van der Waals surface area contributed by atoms with E-state index in [1.807, 2.05) is 24.3 Å². The Morgan fingerprint density at radius 2 is 1.92 bits per heavy atom. The van der Waals surface area contributed by atoms with E-state index in [1.165, 1.54) is 0 Å². The largest absolute Gasteiger partial charge is 0.465 e. The number of H-pyrrole nitrogens is 1. The molecule has 0 fully saturated rings. The molecule has 0 aliphatic carbocycles. The van der Waals surface area contributed by atoms with Crippen LogP contribution >= 0.6 is 0 Å². The van der Waals surface area contributed by atoms with Crippen LogP contribution in [0.4, 0.5) is 10.5 Å². The molecule has 122 valence electrons. The molecule has 2 aromatic heterocycles. The molecule has 0 aliphatic heterocycles. The molecule has 4 N–H and O–H groups in total. The zero-order valence-corrected chi connectivity index (χ0v) is 12.7. The van der Waals surface area contributed by atoms with Crippen LogP contribution in [0.15, 0.2) is 55.0 Å². The SMILES string of the molecule is O=C(O)NC(Cc1c[nH]c2ccccc12)C(=O)Nc1ccncc1. The van der Waals surface area contributed by atoms with Gasteiger partial charge >= 0.3 is 6.09 Å². The van der Waals surface area contributed by atoms with Crippen molar-refractivity contribution in [2.75, 3.05) is 5.32 Å². The molecule has 0 saturated carbocycles. The minimum Gasteiger partial charge on any atom is -0.465 e.